The molecule has 0 saturated carbocycles. The zero-order valence-corrected chi connectivity index (χ0v) is 17.7. The van der Waals surface area contributed by atoms with Crippen LogP contribution in [0, 0.1) is 5.82 Å². The molecule has 7 heteroatoms. The summed E-state index contributed by atoms with van der Waals surface area (Å²) in [7, 11) is 3.81. The Balaban J connectivity index is 0.00000338. The van der Waals surface area contributed by atoms with E-state index in [1.165, 1.54) is 12.1 Å². The largest absolute Gasteiger partial charge is 0.439 e. The number of aromatic nitrogens is 1. The van der Waals surface area contributed by atoms with Gasteiger partial charge in [0.25, 0.3) is 0 Å². The first-order valence-electron chi connectivity index (χ1n) is 8.42. The molecule has 0 saturated heterocycles. The van der Waals surface area contributed by atoms with Gasteiger partial charge < -0.3 is 15.0 Å². The van der Waals surface area contributed by atoms with Gasteiger partial charge in [0.05, 0.1) is 0 Å². The minimum atomic E-state index is -0.295. The molecule has 0 radical (unpaired) electrons. The first kappa shape index (κ1) is 22.1. The van der Waals surface area contributed by atoms with Gasteiger partial charge in [-0.3, -0.25) is 4.99 Å². The van der Waals surface area contributed by atoms with Gasteiger partial charge in [0, 0.05) is 39.4 Å². The molecule has 0 amide bonds. The standard InChI is InChI=1S/C19H25FN4O.HI/c1-4-5-12-24(3)19(21-2)23-14-15-10-11-22-18(13-15)25-17-8-6-16(20)7-9-17;/h6-11,13H,4-5,12,14H2,1-3H3,(H,21,23);1H. The summed E-state index contributed by atoms with van der Waals surface area (Å²) in [5.74, 6) is 1.58. The number of aliphatic imine (C=N–C) groups is 1. The molecule has 1 aromatic carbocycles. The van der Waals surface area contributed by atoms with Gasteiger partial charge >= 0.3 is 0 Å². The second-order valence-corrected chi connectivity index (χ2v) is 5.73. The van der Waals surface area contributed by atoms with Gasteiger partial charge in [-0.25, -0.2) is 9.37 Å². The van der Waals surface area contributed by atoms with Crippen LogP contribution in [0.4, 0.5) is 4.39 Å². The maximum atomic E-state index is 12.9. The Hall–Kier alpha value is -1.90. The van der Waals surface area contributed by atoms with Crippen molar-refractivity contribution in [3.63, 3.8) is 0 Å². The molecule has 0 aliphatic rings. The van der Waals surface area contributed by atoms with E-state index in [1.807, 2.05) is 19.2 Å². The topological polar surface area (TPSA) is 49.8 Å². The number of pyridine rings is 1. The maximum Gasteiger partial charge on any atom is 0.219 e. The first-order valence-corrected chi connectivity index (χ1v) is 8.42. The van der Waals surface area contributed by atoms with Crippen molar-refractivity contribution in [1.82, 2.24) is 15.2 Å². The van der Waals surface area contributed by atoms with Crippen molar-refractivity contribution in [3.8, 4) is 11.6 Å². The molecule has 5 nitrogen and oxygen atoms in total. The molecule has 1 N–H and O–H groups in total. The zero-order valence-electron chi connectivity index (χ0n) is 15.4. The lowest BCUT2D eigenvalue weighted by molar-refractivity contribution is 0.458. The number of nitrogens with zero attached hydrogens (tertiary/aromatic N) is 3. The van der Waals surface area contributed by atoms with Crippen molar-refractivity contribution in [2.75, 3.05) is 20.6 Å². The van der Waals surface area contributed by atoms with E-state index in [4.69, 9.17) is 4.74 Å². The van der Waals surface area contributed by atoms with Crippen LogP contribution in [0.15, 0.2) is 47.6 Å². The number of benzene rings is 1. The Bertz CT molecular complexity index is 694. The molecule has 0 unspecified atom stereocenters. The lowest BCUT2D eigenvalue weighted by Crippen LogP contribution is -2.38. The molecule has 0 atom stereocenters. The lowest BCUT2D eigenvalue weighted by Gasteiger charge is -2.21. The van der Waals surface area contributed by atoms with Crippen LogP contribution in [0.1, 0.15) is 25.3 Å². The third kappa shape index (κ3) is 7.15. The molecule has 1 heterocycles. The summed E-state index contributed by atoms with van der Waals surface area (Å²) in [5, 5.41) is 3.34. The summed E-state index contributed by atoms with van der Waals surface area (Å²) in [6, 6.07) is 9.65. The lowest BCUT2D eigenvalue weighted by atomic mass is 10.2. The fourth-order valence-electron chi connectivity index (χ4n) is 2.31. The van der Waals surface area contributed by atoms with Gasteiger partial charge in [-0.05, 0) is 42.3 Å². The Morgan fingerprint density at radius 1 is 1.27 bits per heavy atom. The maximum absolute atomic E-state index is 12.9. The molecule has 0 aliphatic heterocycles. The minimum absolute atomic E-state index is 0. The summed E-state index contributed by atoms with van der Waals surface area (Å²) in [5.41, 5.74) is 1.03. The third-order valence-corrected chi connectivity index (χ3v) is 3.71. The molecular weight excluding hydrogens is 446 g/mol. The van der Waals surface area contributed by atoms with E-state index in [0.717, 1.165) is 30.9 Å². The highest BCUT2D eigenvalue weighted by molar-refractivity contribution is 14.0. The van der Waals surface area contributed by atoms with Crippen molar-refractivity contribution in [2.45, 2.75) is 26.3 Å². The van der Waals surface area contributed by atoms with E-state index in [1.54, 1.807) is 25.4 Å². The average molecular weight is 472 g/mol. The second-order valence-electron chi connectivity index (χ2n) is 5.73. The fraction of sp³-hybridized carbons (Fsp3) is 0.368. The van der Waals surface area contributed by atoms with E-state index in [-0.39, 0.29) is 29.8 Å². The fourth-order valence-corrected chi connectivity index (χ4v) is 2.31. The molecule has 0 fully saturated rings. The van der Waals surface area contributed by atoms with Crippen molar-refractivity contribution in [3.05, 3.63) is 54.0 Å². The SMILES string of the molecule is CCCCN(C)C(=NC)NCc1ccnc(Oc2ccc(F)cc2)c1.I. The van der Waals surface area contributed by atoms with Crippen LogP contribution in [-0.2, 0) is 6.54 Å². The van der Waals surface area contributed by atoms with E-state index >= 15 is 0 Å². The molecule has 142 valence electrons. The molecular formula is C19H26FIN4O. The van der Waals surface area contributed by atoms with E-state index < -0.39 is 0 Å². The van der Waals surface area contributed by atoms with Crippen LogP contribution in [0.25, 0.3) is 0 Å². The van der Waals surface area contributed by atoms with Gasteiger partial charge in [0.15, 0.2) is 5.96 Å². The predicted molar refractivity (Wildman–Crippen MR) is 114 cm³/mol. The number of ether oxygens (including phenoxy) is 1. The Labute approximate surface area is 171 Å². The molecule has 2 aromatic rings. The summed E-state index contributed by atoms with van der Waals surface area (Å²) < 4.78 is 18.6. The molecule has 0 spiro atoms. The van der Waals surface area contributed by atoms with Crippen LogP contribution in [0.5, 0.6) is 11.6 Å². The number of nitrogens with one attached hydrogen (secondary N) is 1. The van der Waals surface area contributed by atoms with Crippen molar-refractivity contribution in [2.24, 2.45) is 4.99 Å². The first-order chi connectivity index (χ1) is 12.1. The van der Waals surface area contributed by atoms with Gasteiger partial charge in [-0.2, -0.15) is 0 Å². The van der Waals surface area contributed by atoms with Gasteiger partial charge in [-0.15, -0.1) is 24.0 Å². The molecule has 0 bridgehead atoms. The number of rotatable bonds is 7. The van der Waals surface area contributed by atoms with E-state index in [0.29, 0.717) is 18.2 Å². The van der Waals surface area contributed by atoms with Crippen molar-refractivity contribution in [1.29, 1.82) is 0 Å². The number of halogens is 2. The normalized spacial score (nSPS) is 10.8. The minimum Gasteiger partial charge on any atom is -0.439 e. The van der Waals surface area contributed by atoms with E-state index in [2.05, 4.69) is 27.1 Å². The van der Waals surface area contributed by atoms with Gasteiger partial charge in [-0.1, -0.05) is 13.3 Å². The van der Waals surface area contributed by atoms with Crippen LogP contribution in [-0.4, -0.2) is 36.5 Å². The second kappa shape index (κ2) is 11.7. The molecule has 2 rings (SSSR count). The Kier molecular flexibility index (Phi) is 9.93. The van der Waals surface area contributed by atoms with Crippen molar-refractivity contribution >= 4 is 29.9 Å². The monoisotopic (exact) mass is 472 g/mol. The molecule has 0 aliphatic carbocycles. The highest BCUT2D eigenvalue weighted by Gasteiger charge is 2.06. The molecule has 26 heavy (non-hydrogen) atoms. The van der Waals surface area contributed by atoms with Crippen molar-refractivity contribution < 1.29 is 9.13 Å². The predicted octanol–water partition coefficient (Wildman–Crippen LogP) is 4.44. The number of hydrogen-bond acceptors (Lipinski definition) is 3. The summed E-state index contributed by atoms with van der Waals surface area (Å²) in [4.78, 5) is 10.6. The zero-order chi connectivity index (χ0) is 18.1. The van der Waals surface area contributed by atoms with Gasteiger partial charge in [0.2, 0.25) is 5.88 Å². The number of hydrogen-bond donors (Lipinski definition) is 1. The summed E-state index contributed by atoms with van der Waals surface area (Å²) in [6.07, 6.45) is 3.97. The third-order valence-electron chi connectivity index (χ3n) is 3.71. The highest BCUT2D eigenvalue weighted by Crippen LogP contribution is 2.20. The van der Waals surface area contributed by atoms with Crippen LogP contribution < -0.4 is 10.1 Å². The summed E-state index contributed by atoms with van der Waals surface area (Å²) >= 11 is 0. The van der Waals surface area contributed by atoms with E-state index in [9.17, 15) is 4.39 Å². The van der Waals surface area contributed by atoms with Gasteiger partial charge in [0.1, 0.15) is 11.6 Å². The quantitative estimate of drug-likeness (QED) is 0.368. The number of unbranched alkanes of at least 4 members (excludes halogenated alkanes) is 1. The van der Waals surface area contributed by atoms with Crippen LogP contribution in [0.2, 0.25) is 0 Å². The Morgan fingerprint density at radius 2 is 2.00 bits per heavy atom. The summed E-state index contributed by atoms with van der Waals surface area (Å²) in [6.45, 7) is 3.75. The van der Waals surface area contributed by atoms with Crippen LogP contribution in [0.3, 0.4) is 0 Å². The highest BCUT2D eigenvalue weighted by atomic mass is 127. The average Bonchev–Trinajstić information content (AvgIpc) is 2.63. The number of guanidine groups is 1. The molecule has 1 aromatic heterocycles. The Morgan fingerprint density at radius 3 is 2.65 bits per heavy atom. The smallest absolute Gasteiger partial charge is 0.219 e. The van der Waals surface area contributed by atoms with Crippen LogP contribution >= 0.6 is 24.0 Å².